The highest BCUT2D eigenvalue weighted by Gasteiger charge is 2.00. The number of nitriles is 1. The maximum Gasteiger partial charge on any atom is 0.0991 e. The monoisotopic (exact) mass is 271 g/mol. The predicted molar refractivity (Wildman–Crippen MR) is 73.4 cm³/mol. The standard InChI is InChI=1S/C14H17N5O/c15-8-12-2-4-13(5-3-12)9-16-10-14-11-19(18-17-14)6-1-7-20/h2-5,11,16,20H,1,6-7,9-10H2. The molecule has 0 unspecified atom stereocenters. The van der Waals surface area contributed by atoms with E-state index in [0.717, 1.165) is 17.8 Å². The molecule has 0 atom stereocenters. The molecule has 0 spiro atoms. The molecule has 2 N–H and O–H groups in total. The zero-order valence-electron chi connectivity index (χ0n) is 11.2. The van der Waals surface area contributed by atoms with Gasteiger partial charge in [-0.25, -0.2) is 0 Å². The Morgan fingerprint density at radius 1 is 1.25 bits per heavy atom. The van der Waals surface area contributed by atoms with E-state index in [1.54, 1.807) is 4.68 Å². The second-order valence-electron chi connectivity index (χ2n) is 4.46. The Kier molecular flexibility index (Phi) is 5.24. The Bertz CT molecular complexity index is 570. The second-order valence-corrected chi connectivity index (χ2v) is 4.46. The van der Waals surface area contributed by atoms with Crippen molar-refractivity contribution in [3.63, 3.8) is 0 Å². The minimum Gasteiger partial charge on any atom is -0.396 e. The first-order chi connectivity index (χ1) is 9.81. The van der Waals surface area contributed by atoms with E-state index < -0.39 is 0 Å². The van der Waals surface area contributed by atoms with Gasteiger partial charge in [-0.05, 0) is 24.1 Å². The molecule has 0 aliphatic heterocycles. The Hall–Kier alpha value is -2.23. The molecule has 1 aromatic heterocycles. The van der Waals surface area contributed by atoms with Crippen LogP contribution in [0.25, 0.3) is 0 Å². The van der Waals surface area contributed by atoms with Crippen LogP contribution in [-0.4, -0.2) is 26.7 Å². The summed E-state index contributed by atoms with van der Waals surface area (Å²) in [5.41, 5.74) is 2.66. The van der Waals surface area contributed by atoms with E-state index in [9.17, 15) is 0 Å². The summed E-state index contributed by atoms with van der Waals surface area (Å²) in [6.07, 6.45) is 2.56. The van der Waals surface area contributed by atoms with Crippen molar-refractivity contribution in [1.29, 1.82) is 5.26 Å². The topological polar surface area (TPSA) is 86.8 Å². The maximum atomic E-state index is 8.75. The van der Waals surface area contributed by atoms with E-state index in [2.05, 4.69) is 21.7 Å². The molecule has 6 heteroatoms. The van der Waals surface area contributed by atoms with Gasteiger partial charge in [0.25, 0.3) is 0 Å². The molecule has 0 saturated heterocycles. The third kappa shape index (κ3) is 4.16. The van der Waals surface area contributed by atoms with E-state index >= 15 is 0 Å². The van der Waals surface area contributed by atoms with E-state index in [1.807, 2.05) is 30.5 Å². The van der Waals surface area contributed by atoms with Gasteiger partial charge in [0.1, 0.15) is 0 Å². The SMILES string of the molecule is N#Cc1ccc(CNCc2cn(CCCO)nn2)cc1. The van der Waals surface area contributed by atoms with Gasteiger partial charge in [-0.2, -0.15) is 5.26 Å². The van der Waals surface area contributed by atoms with Crippen LogP contribution >= 0.6 is 0 Å². The van der Waals surface area contributed by atoms with Gasteiger partial charge in [-0.3, -0.25) is 4.68 Å². The molecule has 0 fully saturated rings. The van der Waals surface area contributed by atoms with E-state index in [0.29, 0.717) is 25.1 Å². The summed E-state index contributed by atoms with van der Waals surface area (Å²) in [6.45, 7) is 2.19. The van der Waals surface area contributed by atoms with Crippen LogP contribution in [0, 0.1) is 11.3 Å². The molecule has 104 valence electrons. The molecule has 0 aliphatic rings. The van der Waals surface area contributed by atoms with Gasteiger partial charge in [-0.15, -0.1) is 5.10 Å². The minimum absolute atomic E-state index is 0.159. The van der Waals surface area contributed by atoms with Crippen molar-refractivity contribution in [2.75, 3.05) is 6.61 Å². The molecule has 0 aliphatic carbocycles. The maximum absolute atomic E-state index is 8.75. The number of hydrogen-bond donors (Lipinski definition) is 2. The number of aliphatic hydroxyl groups is 1. The Morgan fingerprint density at radius 3 is 2.75 bits per heavy atom. The summed E-state index contributed by atoms with van der Waals surface area (Å²) < 4.78 is 1.73. The third-order valence-corrected chi connectivity index (χ3v) is 2.85. The Labute approximate surface area is 117 Å². The first-order valence-corrected chi connectivity index (χ1v) is 6.51. The first kappa shape index (κ1) is 14.2. The molecule has 0 amide bonds. The number of aliphatic hydroxyl groups excluding tert-OH is 1. The molecule has 0 saturated carbocycles. The van der Waals surface area contributed by atoms with Gasteiger partial charge in [0, 0.05) is 32.4 Å². The molecular formula is C14H17N5O. The molecule has 0 bridgehead atoms. The summed E-state index contributed by atoms with van der Waals surface area (Å²) >= 11 is 0. The molecule has 6 nitrogen and oxygen atoms in total. The lowest BCUT2D eigenvalue weighted by Crippen LogP contribution is -2.12. The number of nitrogens with one attached hydrogen (secondary N) is 1. The number of benzene rings is 1. The van der Waals surface area contributed by atoms with Gasteiger partial charge in [-0.1, -0.05) is 17.3 Å². The summed E-state index contributed by atoms with van der Waals surface area (Å²) in [5, 5.41) is 28.8. The van der Waals surface area contributed by atoms with Crippen LogP contribution in [0.15, 0.2) is 30.5 Å². The number of nitrogens with zero attached hydrogens (tertiary/aromatic N) is 4. The number of hydrogen-bond acceptors (Lipinski definition) is 5. The molecule has 2 rings (SSSR count). The van der Waals surface area contributed by atoms with Crippen LogP contribution < -0.4 is 5.32 Å². The lowest BCUT2D eigenvalue weighted by atomic mass is 10.1. The number of aryl methyl sites for hydroxylation is 1. The smallest absolute Gasteiger partial charge is 0.0991 e. The van der Waals surface area contributed by atoms with Gasteiger partial charge >= 0.3 is 0 Å². The lowest BCUT2D eigenvalue weighted by molar-refractivity contribution is 0.276. The first-order valence-electron chi connectivity index (χ1n) is 6.51. The van der Waals surface area contributed by atoms with Gasteiger partial charge in [0.05, 0.1) is 17.3 Å². The minimum atomic E-state index is 0.159. The molecular weight excluding hydrogens is 254 g/mol. The van der Waals surface area contributed by atoms with Crippen LogP contribution in [0.3, 0.4) is 0 Å². The summed E-state index contributed by atoms with van der Waals surface area (Å²) in [5.74, 6) is 0. The molecule has 0 radical (unpaired) electrons. The zero-order chi connectivity index (χ0) is 14.2. The second kappa shape index (κ2) is 7.38. The van der Waals surface area contributed by atoms with Crippen LogP contribution in [0.1, 0.15) is 23.2 Å². The normalized spacial score (nSPS) is 10.4. The van der Waals surface area contributed by atoms with Crippen LogP contribution in [0.4, 0.5) is 0 Å². The van der Waals surface area contributed by atoms with Crippen molar-refractivity contribution in [3.05, 3.63) is 47.3 Å². The summed E-state index contributed by atoms with van der Waals surface area (Å²) in [7, 11) is 0. The van der Waals surface area contributed by atoms with Gasteiger partial charge in [0.2, 0.25) is 0 Å². The molecule has 1 heterocycles. The van der Waals surface area contributed by atoms with Crippen molar-refractivity contribution in [2.45, 2.75) is 26.1 Å². The summed E-state index contributed by atoms with van der Waals surface area (Å²) in [6, 6.07) is 9.58. The fourth-order valence-corrected chi connectivity index (χ4v) is 1.79. The predicted octanol–water partition coefficient (Wildman–Crippen LogP) is 0.822. The van der Waals surface area contributed by atoms with Crippen molar-refractivity contribution in [1.82, 2.24) is 20.3 Å². The lowest BCUT2D eigenvalue weighted by Gasteiger charge is -2.02. The van der Waals surface area contributed by atoms with Crippen molar-refractivity contribution in [3.8, 4) is 6.07 Å². The van der Waals surface area contributed by atoms with Crippen LogP contribution in [-0.2, 0) is 19.6 Å². The summed E-state index contributed by atoms with van der Waals surface area (Å²) in [4.78, 5) is 0. The molecule has 20 heavy (non-hydrogen) atoms. The van der Waals surface area contributed by atoms with Crippen molar-refractivity contribution in [2.24, 2.45) is 0 Å². The highest BCUT2D eigenvalue weighted by Crippen LogP contribution is 2.03. The van der Waals surface area contributed by atoms with Crippen molar-refractivity contribution >= 4 is 0 Å². The van der Waals surface area contributed by atoms with Crippen LogP contribution in [0.5, 0.6) is 0 Å². The van der Waals surface area contributed by atoms with Gasteiger partial charge in [0.15, 0.2) is 0 Å². The highest BCUT2D eigenvalue weighted by molar-refractivity contribution is 5.31. The number of aromatic nitrogens is 3. The van der Waals surface area contributed by atoms with Gasteiger partial charge < -0.3 is 10.4 Å². The van der Waals surface area contributed by atoms with Crippen molar-refractivity contribution < 1.29 is 5.11 Å². The Morgan fingerprint density at radius 2 is 2.05 bits per heavy atom. The average Bonchev–Trinajstić information content (AvgIpc) is 2.94. The molecule has 1 aromatic carbocycles. The van der Waals surface area contributed by atoms with E-state index in [4.69, 9.17) is 10.4 Å². The number of rotatable bonds is 7. The molecule has 2 aromatic rings. The highest BCUT2D eigenvalue weighted by atomic mass is 16.3. The van der Waals surface area contributed by atoms with Crippen LogP contribution in [0.2, 0.25) is 0 Å². The zero-order valence-corrected chi connectivity index (χ0v) is 11.2. The Balaban J connectivity index is 1.77. The average molecular weight is 271 g/mol. The quantitative estimate of drug-likeness (QED) is 0.778. The fraction of sp³-hybridized carbons (Fsp3) is 0.357. The third-order valence-electron chi connectivity index (χ3n) is 2.85. The fourth-order valence-electron chi connectivity index (χ4n) is 1.79. The van der Waals surface area contributed by atoms with E-state index in [1.165, 1.54) is 0 Å². The largest absolute Gasteiger partial charge is 0.396 e. The van der Waals surface area contributed by atoms with E-state index in [-0.39, 0.29) is 6.61 Å².